The number of nitrogens with zero attached hydrogens (tertiary/aromatic N) is 2. The molecule has 0 spiro atoms. The number of carbonyl (C=O) groups excluding carboxylic acids is 1. The molecule has 29 heavy (non-hydrogen) atoms. The Kier molecular flexibility index (Phi) is 8.76. The first-order valence-corrected chi connectivity index (χ1v) is 12.8. The highest BCUT2D eigenvalue weighted by Crippen LogP contribution is 2.28. The number of hydrogen-bond donors (Lipinski definition) is 1. The number of nitro groups is 1. The molecule has 1 aromatic rings. The van der Waals surface area contributed by atoms with E-state index >= 15 is 0 Å². The fourth-order valence-corrected chi connectivity index (χ4v) is 5.98. The third kappa shape index (κ3) is 6.88. The largest absolute Gasteiger partial charge is 0.353 e. The smallest absolute Gasteiger partial charge is 0.271 e. The first-order valence-electron chi connectivity index (χ1n) is 9.87. The molecule has 10 heteroatoms. The SMILES string of the molecule is CC[C@H](C(=O)NCCSC1CCCCC1)N(c1cccc([N+](=O)[O-])c1)S(C)(=O)=O. The fourth-order valence-electron chi connectivity index (χ4n) is 3.55. The van der Waals surface area contributed by atoms with E-state index in [9.17, 15) is 23.3 Å². The second-order valence-corrected chi connectivity index (χ2v) is 10.4. The van der Waals surface area contributed by atoms with E-state index in [1.165, 1.54) is 56.4 Å². The van der Waals surface area contributed by atoms with Gasteiger partial charge in [-0.05, 0) is 25.3 Å². The molecule has 8 nitrogen and oxygen atoms in total. The van der Waals surface area contributed by atoms with Crippen LogP contribution in [0.15, 0.2) is 24.3 Å². The van der Waals surface area contributed by atoms with Crippen molar-refractivity contribution in [1.29, 1.82) is 0 Å². The Balaban J connectivity index is 2.06. The van der Waals surface area contributed by atoms with Crippen LogP contribution in [0.25, 0.3) is 0 Å². The molecule has 1 saturated carbocycles. The van der Waals surface area contributed by atoms with E-state index in [1.807, 2.05) is 11.8 Å². The minimum absolute atomic E-state index is 0.111. The van der Waals surface area contributed by atoms with Gasteiger partial charge in [-0.1, -0.05) is 32.3 Å². The van der Waals surface area contributed by atoms with Crippen molar-refractivity contribution >= 4 is 39.1 Å². The number of rotatable bonds is 10. The summed E-state index contributed by atoms with van der Waals surface area (Å²) in [5, 5.41) is 14.5. The van der Waals surface area contributed by atoms with E-state index in [0.29, 0.717) is 11.8 Å². The summed E-state index contributed by atoms with van der Waals surface area (Å²) in [4.78, 5) is 23.2. The van der Waals surface area contributed by atoms with Crippen LogP contribution in [0.1, 0.15) is 45.4 Å². The number of non-ortho nitro benzene ring substituents is 1. The average Bonchev–Trinajstić information content (AvgIpc) is 2.69. The van der Waals surface area contributed by atoms with Gasteiger partial charge in [0.1, 0.15) is 6.04 Å². The Morgan fingerprint density at radius 2 is 2.03 bits per heavy atom. The van der Waals surface area contributed by atoms with Crippen LogP contribution in [-0.4, -0.2) is 49.1 Å². The maximum absolute atomic E-state index is 12.7. The lowest BCUT2D eigenvalue weighted by Gasteiger charge is -2.30. The van der Waals surface area contributed by atoms with Crippen LogP contribution in [0.2, 0.25) is 0 Å². The van der Waals surface area contributed by atoms with E-state index in [-0.39, 0.29) is 17.8 Å². The molecule has 1 aromatic carbocycles. The Labute approximate surface area is 176 Å². The molecule has 1 fully saturated rings. The van der Waals surface area contributed by atoms with Crippen molar-refractivity contribution < 1.29 is 18.1 Å². The van der Waals surface area contributed by atoms with Crippen LogP contribution >= 0.6 is 11.8 Å². The van der Waals surface area contributed by atoms with Gasteiger partial charge in [0.2, 0.25) is 15.9 Å². The average molecular weight is 444 g/mol. The zero-order valence-electron chi connectivity index (χ0n) is 16.9. The third-order valence-corrected chi connectivity index (χ3v) is 7.49. The number of hydrogen-bond acceptors (Lipinski definition) is 6. The van der Waals surface area contributed by atoms with Gasteiger partial charge in [0.25, 0.3) is 5.69 Å². The highest BCUT2D eigenvalue weighted by Gasteiger charge is 2.32. The third-order valence-electron chi connectivity index (χ3n) is 4.93. The second-order valence-electron chi connectivity index (χ2n) is 7.18. The monoisotopic (exact) mass is 443 g/mol. The molecule has 0 radical (unpaired) electrons. The lowest BCUT2D eigenvalue weighted by molar-refractivity contribution is -0.384. The molecule has 1 N–H and O–H groups in total. The van der Waals surface area contributed by atoms with Gasteiger partial charge in [-0.25, -0.2) is 8.42 Å². The number of thioether (sulfide) groups is 1. The van der Waals surface area contributed by atoms with Crippen molar-refractivity contribution in [3.8, 4) is 0 Å². The summed E-state index contributed by atoms with van der Waals surface area (Å²) in [5.74, 6) is 0.386. The van der Waals surface area contributed by atoms with Gasteiger partial charge in [0, 0.05) is 29.7 Å². The summed E-state index contributed by atoms with van der Waals surface area (Å²) < 4.78 is 25.8. The first-order chi connectivity index (χ1) is 13.7. The van der Waals surface area contributed by atoms with Crippen LogP contribution in [0, 0.1) is 10.1 Å². The molecule has 162 valence electrons. The summed E-state index contributed by atoms with van der Waals surface area (Å²) >= 11 is 1.85. The molecule has 0 heterocycles. The van der Waals surface area contributed by atoms with Gasteiger partial charge in [-0.15, -0.1) is 0 Å². The predicted octanol–water partition coefficient (Wildman–Crippen LogP) is 3.32. The van der Waals surface area contributed by atoms with Gasteiger partial charge in [0.15, 0.2) is 0 Å². The van der Waals surface area contributed by atoms with Gasteiger partial charge < -0.3 is 5.32 Å². The number of nitro benzene ring substituents is 1. The number of amides is 1. The lowest BCUT2D eigenvalue weighted by Crippen LogP contribution is -2.49. The molecule has 1 amide bonds. The molecular weight excluding hydrogens is 414 g/mol. The fraction of sp³-hybridized carbons (Fsp3) is 0.632. The van der Waals surface area contributed by atoms with Crippen molar-refractivity contribution in [3.05, 3.63) is 34.4 Å². The summed E-state index contributed by atoms with van der Waals surface area (Å²) in [5.41, 5.74) is -0.115. The number of benzene rings is 1. The summed E-state index contributed by atoms with van der Waals surface area (Å²) in [6.07, 6.45) is 7.49. The van der Waals surface area contributed by atoms with Crippen LogP contribution in [0.5, 0.6) is 0 Å². The van der Waals surface area contributed by atoms with Gasteiger partial charge in [0.05, 0.1) is 16.9 Å². The summed E-state index contributed by atoms with van der Waals surface area (Å²) in [7, 11) is -3.82. The molecule has 0 saturated heterocycles. The molecule has 1 aliphatic rings. The minimum Gasteiger partial charge on any atom is -0.353 e. The molecule has 0 unspecified atom stereocenters. The Bertz CT molecular complexity index is 810. The Morgan fingerprint density at radius 1 is 1.34 bits per heavy atom. The van der Waals surface area contributed by atoms with E-state index < -0.39 is 26.9 Å². The number of carbonyl (C=O) groups is 1. The van der Waals surface area contributed by atoms with E-state index in [2.05, 4.69) is 5.32 Å². The van der Waals surface area contributed by atoms with Crippen molar-refractivity contribution in [3.63, 3.8) is 0 Å². The Hall–Kier alpha value is -1.81. The molecule has 1 atom stereocenters. The van der Waals surface area contributed by atoms with Crippen LogP contribution in [0.4, 0.5) is 11.4 Å². The highest BCUT2D eigenvalue weighted by atomic mass is 32.2. The number of nitrogens with one attached hydrogen (secondary N) is 1. The zero-order chi connectivity index (χ0) is 21.4. The maximum Gasteiger partial charge on any atom is 0.271 e. The molecule has 0 aromatic heterocycles. The van der Waals surface area contributed by atoms with Crippen LogP contribution in [0.3, 0.4) is 0 Å². The maximum atomic E-state index is 12.7. The minimum atomic E-state index is -3.82. The molecule has 0 aliphatic heterocycles. The van der Waals surface area contributed by atoms with Crippen molar-refractivity contribution in [2.75, 3.05) is 22.9 Å². The van der Waals surface area contributed by atoms with Gasteiger partial charge >= 0.3 is 0 Å². The van der Waals surface area contributed by atoms with Crippen molar-refractivity contribution in [1.82, 2.24) is 5.32 Å². The summed E-state index contributed by atoms with van der Waals surface area (Å²) in [6, 6.07) is 4.37. The number of sulfonamides is 1. The molecule has 1 aliphatic carbocycles. The van der Waals surface area contributed by atoms with Crippen LogP contribution < -0.4 is 9.62 Å². The van der Waals surface area contributed by atoms with Crippen molar-refractivity contribution in [2.24, 2.45) is 0 Å². The van der Waals surface area contributed by atoms with Gasteiger partial charge in [-0.3, -0.25) is 19.2 Å². The molecule has 0 bridgehead atoms. The van der Waals surface area contributed by atoms with Gasteiger partial charge in [-0.2, -0.15) is 11.8 Å². The molecule has 2 rings (SSSR count). The van der Waals surface area contributed by atoms with E-state index in [0.717, 1.165) is 16.3 Å². The Morgan fingerprint density at radius 3 is 2.62 bits per heavy atom. The number of anilines is 1. The molecular formula is C19H29N3O5S2. The summed E-state index contributed by atoms with van der Waals surface area (Å²) in [6.45, 7) is 2.18. The topological polar surface area (TPSA) is 110 Å². The lowest BCUT2D eigenvalue weighted by atomic mass is 10.0. The van der Waals surface area contributed by atoms with E-state index in [4.69, 9.17) is 0 Å². The standard InChI is InChI=1S/C19H29N3O5S2/c1-3-18(19(23)20-12-13-28-17-10-5-4-6-11-17)21(29(2,26)27)15-8-7-9-16(14-15)22(24)25/h7-9,14,17-18H,3-6,10-13H2,1-2H3,(H,20,23)/t18-/m1/s1. The quantitative estimate of drug-likeness (QED) is 0.337. The second kappa shape index (κ2) is 10.8. The normalized spacial score (nSPS) is 16.2. The van der Waals surface area contributed by atoms with E-state index in [1.54, 1.807) is 6.92 Å². The predicted molar refractivity (Wildman–Crippen MR) is 117 cm³/mol. The zero-order valence-corrected chi connectivity index (χ0v) is 18.5. The highest BCUT2D eigenvalue weighted by molar-refractivity contribution is 7.99. The first kappa shape index (κ1) is 23.5. The van der Waals surface area contributed by atoms with Crippen LogP contribution in [-0.2, 0) is 14.8 Å². The van der Waals surface area contributed by atoms with Crippen molar-refractivity contribution in [2.45, 2.75) is 56.7 Å².